The van der Waals surface area contributed by atoms with Crippen molar-refractivity contribution in [2.24, 2.45) is 0 Å². The van der Waals surface area contributed by atoms with Crippen LogP contribution in [0.15, 0.2) is 41.3 Å². The number of carbonyl (C=O) groups is 1. The van der Waals surface area contributed by atoms with E-state index in [0.29, 0.717) is 17.9 Å². The van der Waals surface area contributed by atoms with Crippen molar-refractivity contribution in [3.05, 3.63) is 58.0 Å². The van der Waals surface area contributed by atoms with E-state index >= 15 is 0 Å². The van der Waals surface area contributed by atoms with Crippen LogP contribution in [0, 0.1) is 6.92 Å². The van der Waals surface area contributed by atoms with E-state index in [-0.39, 0.29) is 16.9 Å². The van der Waals surface area contributed by atoms with Gasteiger partial charge in [0, 0.05) is 35.9 Å². The van der Waals surface area contributed by atoms with Crippen molar-refractivity contribution in [1.29, 1.82) is 0 Å². The van der Waals surface area contributed by atoms with E-state index in [1.54, 1.807) is 36.1 Å². The topological polar surface area (TPSA) is 79.2 Å². The first kappa shape index (κ1) is 13.9. The fraction of sp³-hybridized carbons (Fsp3) is 0.200. The lowest BCUT2D eigenvalue weighted by atomic mass is 10.2. The fourth-order valence-corrected chi connectivity index (χ4v) is 1.98. The summed E-state index contributed by atoms with van der Waals surface area (Å²) in [4.78, 5) is 28.8. The lowest BCUT2D eigenvalue weighted by Crippen LogP contribution is -2.34. The SMILES string of the molecule is CCN(C(=O)c1c[nH]c(C)cc1=O)c1ccc(N)cc1. The number of hydrogen-bond acceptors (Lipinski definition) is 3. The molecule has 0 spiro atoms. The molecule has 1 heterocycles. The molecule has 0 saturated heterocycles. The minimum absolute atomic E-state index is 0.134. The van der Waals surface area contributed by atoms with Crippen LogP contribution in [0.25, 0.3) is 0 Å². The maximum absolute atomic E-state index is 12.5. The van der Waals surface area contributed by atoms with Gasteiger partial charge in [-0.3, -0.25) is 9.59 Å². The van der Waals surface area contributed by atoms with E-state index in [0.717, 1.165) is 5.69 Å². The van der Waals surface area contributed by atoms with Crippen molar-refractivity contribution >= 4 is 17.3 Å². The highest BCUT2D eigenvalue weighted by molar-refractivity contribution is 6.05. The van der Waals surface area contributed by atoms with Gasteiger partial charge in [-0.15, -0.1) is 0 Å². The minimum atomic E-state index is -0.321. The maximum atomic E-state index is 12.5. The number of aromatic nitrogens is 1. The Morgan fingerprint density at radius 3 is 2.50 bits per heavy atom. The number of amides is 1. The second kappa shape index (κ2) is 5.61. The van der Waals surface area contributed by atoms with Crippen LogP contribution in [0.2, 0.25) is 0 Å². The highest BCUT2D eigenvalue weighted by Crippen LogP contribution is 2.17. The average Bonchev–Trinajstić information content (AvgIpc) is 2.41. The predicted octanol–water partition coefficient (Wildman–Crippen LogP) is 1.93. The van der Waals surface area contributed by atoms with Gasteiger partial charge in [-0.1, -0.05) is 0 Å². The van der Waals surface area contributed by atoms with E-state index in [4.69, 9.17) is 5.73 Å². The molecule has 5 nitrogen and oxygen atoms in total. The number of nitrogens with zero attached hydrogens (tertiary/aromatic N) is 1. The third kappa shape index (κ3) is 2.71. The summed E-state index contributed by atoms with van der Waals surface area (Å²) in [7, 11) is 0. The van der Waals surface area contributed by atoms with Gasteiger partial charge in [-0.2, -0.15) is 0 Å². The Kier molecular flexibility index (Phi) is 3.89. The molecule has 0 fully saturated rings. The van der Waals surface area contributed by atoms with Crippen LogP contribution in [0.4, 0.5) is 11.4 Å². The Balaban J connectivity index is 2.38. The number of nitrogen functional groups attached to an aromatic ring is 1. The highest BCUT2D eigenvalue weighted by Gasteiger charge is 2.18. The molecule has 0 aliphatic heterocycles. The molecule has 0 saturated carbocycles. The monoisotopic (exact) mass is 271 g/mol. The second-order valence-electron chi connectivity index (χ2n) is 4.53. The van der Waals surface area contributed by atoms with Crippen LogP contribution < -0.4 is 16.1 Å². The first-order chi connectivity index (χ1) is 9.52. The third-order valence-corrected chi connectivity index (χ3v) is 3.05. The first-order valence-electron chi connectivity index (χ1n) is 6.39. The molecule has 2 rings (SSSR count). The van der Waals surface area contributed by atoms with Gasteiger partial charge in [0.15, 0.2) is 5.43 Å². The number of anilines is 2. The lowest BCUT2D eigenvalue weighted by Gasteiger charge is -2.21. The Labute approximate surface area is 117 Å². The van der Waals surface area contributed by atoms with E-state index < -0.39 is 0 Å². The van der Waals surface area contributed by atoms with Crippen LogP contribution in [-0.4, -0.2) is 17.4 Å². The van der Waals surface area contributed by atoms with Crippen LogP contribution in [-0.2, 0) is 0 Å². The van der Waals surface area contributed by atoms with Crippen LogP contribution >= 0.6 is 0 Å². The Morgan fingerprint density at radius 2 is 1.95 bits per heavy atom. The summed E-state index contributed by atoms with van der Waals surface area (Å²) in [5.74, 6) is -0.321. The molecule has 0 aliphatic carbocycles. The number of benzene rings is 1. The highest BCUT2D eigenvalue weighted by atomic mass is 16.2. The molecule has 5 heteroatoms. The van der Waals surface area contributed by atoms with Crippen LogP contribution in [0.5, 0.6) is 0 Å². The summed E-state index contributed by atoms with van der Waals surface area (Å²) in [6, 6.07) is 8.40. The number of carbonyl (C=O) groups excluding carboxylic acids is 1. The van der Waals surface area contributed by atoms with Crippen molar-refractivity contribution in [1.82, 2.24) is 4.98 Å². The van der Waals surface area contributed by atoms with Crippen LogP contribution in [0.3, 0.4) is 0 Å². The number of H-pyrrole nitrogens is 1. The van der Waals surface area contributed by atoms with Gasteiger partial charge in [-0.25, -0.2) is 0 Å². The molecular weight excluding hydrogens is 254 g/mol. The molecule has 20 heavy (non-hydrogen) atoms. The largest absolute Gasteiger partial charge is 0.399 e. The maximum Gasteiger partial charge on any atom is 0.263 e. The number of aryl methyl sites for hydroxylation is 1. The molecule has 104 valence electrons. The number of nitrogens with two attached hydrogens (primary N) is 1. The number of nitrogens with one attached hydrogen (secondary N) is 1. The van der Waals surface area contributed by atoms with Gasteiger partial charge >= 0.3 is 0 Å². The van der Waals surface area contributed by atoms with Gasteiger partial charge in [0.2, 0.25) is 0 Å². The lowest BCUT2D eigenvalue weighted by molar-refractivity contribution is 0.0987. The molecule has 1 aromatic carbocycles. The second-order valence-corrected chi connectivity index (χ2v) is 4.53. The fourth-order valence-electron chi connectivity index (χ4n) is 1.98. The first-order valence-corrected chi connectivity index (χ1v) is 6.39. The summed E-state index contributed by atoms with van der Waals surface area (Å²) < 4.78 is 0. The molecule has 0 atom stereocenters. The van der Waals surface area contributed by atoms with Crippen molar-refractivity contribution < 1.29 is 4.79 Å². The Morgan fingerprint density at radius 1 is 1.30 bits per heavy atom. The van der Waals surface area contributed by atoms with Crippen molar-refractivity contribution in [2.75, 3.05) is 17.2 Å². The molecule has 0 bridgehead atoms. The number of hydrogen-bond donors (Lipinski definition) is 2. The molecule has 2 aromatic rings. The zero-order valence-electron chi connectivity index (χ0n) is 11.5. The molecule has 1 aromatic heterocycles. The van der Waals surface area contributed by atoms with Gasteiger partial charge in [-0.05, 0) is 38.1 Å². The molecule has 3 N–H and O–H groups in total. The van der Waals surface area contributed by atoms with E-state index in [9.17, 15) is 9.59 Å². The zero-order chi connectivity index (χ0) is 14.7. The van der Waals surface area contributed by atoms with E-state index in [2.05, 4.69) is 4.98 Å². The molecular formula is C15H17N3O2. The quantitative estimate of drug-likeness (QED) is 0.837. The van der Waals surface area contributed by atoms with Crippen molar-refractivity contribution in [2.45, 2.75) is 13.8 Å². The van der Waals surface area contributed by atoms with E-state index in [1.807, 2.05) is 6.92 Å². The molecule has 0 radical (unpaired) electrons. The van der Waals surface area contributed by atoms with Gasteiger partial charge < -0.3 is 15.6 Å². The normalized spacial score (nSPS) is 10.3. The minimum Gasteiger partial charge on any atom is -0.399 e. The number of aromatic amines is 1. The molecule has 0 aliphatic rings. The summed E-state index contributed by atoms with van der Waals surface area (Å²) in [6.07, 6.45) is 1.46. The van der Waals surface area contributed by atoms with Crippen molar-refractivity contribution in [3.63, 3.8) is 0 Å². The summed E-state index contributed by atoms with van der Waals surface area (Å²) in [5.41, 5.74) is 7.56. The summed E-state index contributed by atoms with van der Waals surface area (Å²) >= 11 is 0. The summed E-state index contributed by atoms with van der Waals surface area (Å²) in [5, 5.41) is 0. The molecule has 0 unspecified atom stereocenters. The number of pyridine rings is 1. The average molecular weight is 271 g/mol. The van der Waals surface area contributed by atoms with Gasteiger partial charge in [0.1, 0.15) is 5.56 Å². The van der Waals surface area contributed by atoms with Gasteiger partial charge in [0.25, 0.3) is 5.91 Å². The summed E-state index contributed by atoms with van der Waals surface area (Å²) in [6.45, 7) is 4.10. The third-order valence-electron chi connectivity index (χ3n) is 3.05. The standard InChI is InChI=1S/C15H17N3O2/c1-3-18(12-6-4-11(16)5-7-12)15(20)13-9-17-10(2)8-14(13)19/h4-9H,3,16H2,1-2H3,(H,17,19). The predicted molar refractivity (Wildman–Crippen MR) is 80.0 cm³/mol. The van der Waals surface area contributed by atoms with Crippen molar-refractivity contribution in [3.8, 4) is 0 Å². The van der Waals surface area contributed by atoms with Crippen LogP contribution in [0.1, 0.15) is 23.0 Å². The van der Waals surface area contributed by atoms with Gasteiger partial charge in [0.05, 0.1) is 0 Å². The Bertz CT molecular complexity index is 674. The number of rotatable bonds is 3. The van der Waals surface area contributed by atoms with E-state index in [1.165, 1.54) is 12.3 Å². The zero-order valence-corrected chi connectivity index (χ0v) is 11.5. The molecule has 1 amide bonds. The Hall–Kier alpha value is -2.56. The smallest absolute Gasteiger partial charge is 0.263 e.